The Bertz CT molecular complexity index is 610. The summed E-state index contributed by atoms with van der Waals surface area (Å²) < 4.78 is 2.15. The molecule has 0 radical (unpaired) electrons. The molecule has 0 aliphatic carbocycles. The second-order valence-electron chi connectivity index (χ2n) is 5.24. The SMILES string of the molecule is NNC(=O)C(CN1CCn2ccnc2C1)c1ccccc1. The molecule has 1 unspecified atom stereocenters. The van der Waals surface area contributed by atoms with Crippen LogP contribution >= 0.6 is 0 Å². The molecule has 1 aromatic heterocycles. The Morgan fingerprint density at radius 1 is 1.33 bits per heavy atom. The summed E-state index contributed by atoms with van der Waals surface area (Å²) in [6.07, 6.45) is 3.81. The van der Waals surface area contributed by atoms with Gasteiger partial charge in [-0.1, -0.05) is 30.3 Å². The summed E-state index contributed by atoms with van der Waals surface area (Å²) >= 11 is 0. The van der Waals surface area contributed by atoms with Crippen molar-refractivity contribution < 1.29 is 4.79 Å². The first kappa shape index (κ1) is 13.8. The maximum Gasteiger partial charge on any atom is 0.242 e. The molecule has 110 valence electrons. The number of hydrogen-bond donors (Lipinski definition) is 2. The minimum absolute atomic E-state index is 0.157. The van der Waals surface area contributed by atoms with Gasteiger partial charge in [-0.05, 0) is 5.56 Å². The number of nitrogens with two attached hydrogens (primary N) is 1. The smallest absolute Gasteiger partial charge is 0.242 e. The number of carbonyl (C=O) groups is 1. The monoisotopic (exact) mass is 285 g/mol. The van der Waals surface area contributed by atoms with Gasteiger partial charge in [0.05, 0.1) is 12.5 Å². The van der Waals surface area contributed by atoms with Gasteiger partial charge < -0.3 is 4.57 Å². The van der Waals surface area contributed by atoms with E-state index in [1.165, 1.54) is 0 Å². The summed E-state index contributed by atoms with van der Waals surface area (Å²) in [4.78, 5) is 18.7. The number of hydrazine groups is 1. The molecule has 1 aliphatic heterocycles. The number of nitrogens with zero attached hydrogens (tertiary/aromatic N) is 3. The molecule has 6 nitrogen and oxygen atoms in total. The summed E-state index contributed by atoms with van der Waals surface area (Å²) in [5, 5.41) is 0. The van der Waals surface area contributed by atoms with Crippen LogP contribution in [0.2, 0.25) is 0 Å². The first-order valence-corrected chi connectivity index (χ1v) is 7.05. The number of amides is 1. The van der Waals surface area contributed by atoms with Gasteiger partial charge >= 0.3 is 0 Å². The van der Waals surface area contributed by atoms with E-state index in [0.717, 1.165) is 31.0 Å². The average Bonchev–Trinajstić information content (AvgIpc) is 3.00. The van der Waals surface area contributed by atoms with Crippen LogP contribution in [0.5, 0.6) is 0 Å². The zero-order valence-corrected chi connectivity index (χ0v) is 11.8. The molecule has 0 bridgehead atoms. The molecule has 1 aliphatic rings. The third-order valence-corrected chi connectivity index (χ3v) is 3.93. The highest BCUT2D eigenvalue weighted by molar-refractivity contribution is 5.83. The van der Waals surface area contributed by atoms with Crippen molar-refractivity contribution in [2.24, 2.45) is 5.84 Å². The normalized spacial score (nSPS) is 16.2. The first-order chi connectivity index (χ1) is 10.3. The fraction of sp³-hybridized carbons (Fsp3) is 0.333. The van der Waals surface area contributed by atoms with Crippen molar-refractivity contribution in [1.29, 1.82) is 0 Å². The van der Waals surface area contributed by atoms with Crippen molar-refractivity contribution in [3.05, 3.63) is 54.1 Å². The van der Waals surface area contributed by atoms with Gasteiger partial charge in [0.15, 0.2) is 0 Å². The summed E-state index contributed by atoms with van der Waals surface area (Å²) in [6.45, 7) is 3.21. The molecule has 2 aromatic rings. The minimum Gasteiger partial charge on any atom is -0.333 e. The number of imidazole rings is 1. The number of benzene rings is 1. The predicted octanol–water partition coefficient (Wildman–Crippen LogP) is 0.472. The fourth-order valence-corrected chi connectivity index (χ4v) is 2.76. The van der Waals surface area contributed by atoms with Crippen LogP contribution in [0.4, 0.5) is 0 Å². The zero-order valence-electron chi connectivity index (χ0n) is 11.8. The van der Waals surface area contributed by atoms with Crippen molar-refractivity contribution >= 4 is 5.91 Å². The predicted molar refractivity (Wildman–Crippen MR) is 79.0 cm³/mol. The van der Waals surface area contributed by atoms with Crippen molar-refractivity contribution in [2.75, 3.05) is 13.1 Å². The lowest BCUT2D eigenvalue weighted by molar-refractivity contribution is -0.123. The molecular weight excluding hydrogens is 266 g/mol. The number of aromatic nitrogens is 2. The van der Waals surface area contributed by atoms with Crippen LogP contribution in [-0.2, 0) is 17.9 Å². The number of carbonyl (C=O) groups excluding carboxylic acids is 1. The third kappa shape index (κ3) is 2.96. The zero-order chi connectivity index (χ0) is 14.7. The summed E-state index contributed by atoms with van der Waals surface area (Å²) in [5.74, 6) is 5.96. The lowest BCUT2D eigenvalue weighted by Crippen LogP contribution is -2.42. The molecule has 1 amide bonds. The van der Waals surface area contributed by atoms with E-state index in [2.05, 4.69) is 19.9 Å². The maximum atomic E-state index is 12.1. The van der Waals surface area contributed by atoms with Gasteiger partial charge in [-0.15, -0.1) is 0 Å². The van der Waals surface area contributed by atoms with Gasteiger partial charge in [-0.25, -0.2) is 10.8 Å². The Balaban J connectivity index is 1.75. The fourth-order valence-electron chi connectivity index (χ4n) is 2.76. The highest BCUT2D eigenvalue weighted by atomic mass is 16.2. The number of nitrogens with one attached hydrogen (secondary N) is 1. The number of rotatable bonds is 4. The van der Waals surface area contributed by atoms with E-state index >= 15 is 0 Å². The van der Waals surface area contributed by atoms with Gasteiger partial charge in [0, 0.05) is 32.0 Å². The van der Waals surface area contributed by atoms with Crippen molar-refractivity contribution in [2.45, 2.75) is 19.0 Å². The van der Waals surface area contributed by atoms with E-state index in [-0.39, 0.29) is 11.8 Å². The lowest BCUT2D eigenvalue weighted by atomic mass is 9.97. The lowest BCUT2D eigenvalue weighted by Gasteiger charge is -2.30. The average molecular weight is 285 g/mol. The number of hydrogen-bond acceptors (Lipinski definition) is 4. The van der Waals surface area contributed by atoms with Gasteiger partial charge in [0.2, 0.25) is 5.91 Å². The Morgan fingerprint density at radius 2 is 2.14 bits per heavy atom. The van der Waals surface area contributed by atoms with E-state index in [0.29, 0.717) is 6.54 Å². The van der Waals surface area contributed by atoms with E-state index in [9.17, 15) is 4.79 Å². The van der Waals surface area contributed by atoms with Gasteiger partial charge in [-0.3, -0.25) is 15.1 Å². The maximum absolute atomic E-state index is 12.1. The van der Waals surface area contributed by atoms with Crippen molar-refractivity contribution in [1.82, 2.24) is 19.9 Å². The Morgan fingerprint density at radius 3 is 2.90 bits per heavy atom. The molecule has 6 heteroatoms. The second-order valence-corrected chi connectivity index (χ2v) is 5.24. The molecule has 3 rings (SSSR count). The molecular formula is C15H19N5O. The van der Waals surface area contributed by atoms with E-state index in [1.807, 2.05) is 42.7 Å². The summed E-state index contributed by atoms with van der Waals surface area (Å²) in [6, 6.07) is 9.75. The molecule has 2 heterocycles. The Labute approximate surface area is 123 Å². The van der Waals surface area contributed by atoms with E-state index in [1.54, 1.807) is 0 Å². The minimum atomic E-state index is -0.266. The van der Waals surface area contributed by atoms with Crippen LogP contribution < -0.4 is 11.3 Å². The molecule has 0 saturated heterocycles. The highest BCUT2D eigenvalue weighted by Crippen LogP contribution is 2.20. The summed E-state index contributed by atoms with van der Waals surface area (Å²) in [5.41, 5.74) is 3.26. The van der Waals surface area contributed by atoms with Crippen LogP contribution in [0, 0.1) is 0 Å². The van der Waals surface area contributed by atoms with Crippen LogP contribution in [0.3, 0.4) is 0 Å². The van der Waals surface area contributed by atoms with Gasteiger partial charge in [0.25, 0.3) is 0 Å². The van der Waals surface area contributed by atoms with Crippen molar-refractivity contribution in [3.8, 4) is 0 Å². The van der Waals surface area contributed by atoms with Crippen molar-refractivity contribution in [3.63, 3.8) is 0 Å². The molecule has 0 saturated carbocycles. The molecule has 3 N–H and O–H groups in total. The highest BCUT2D eigenvalue weighted by Gasteiger charge is 2.25. The molecule has 1 atom stereocenters. The molecule has 0 spiro atoms. The third-order valence-electron chi connectivity index (χ3n) is 3.93. The van der Waals surface area contributed by atoms with Gasteiger partial charge in [0.1, 0.15) is 5.82 Å². The van der Waals surface area contributed by atoms with Crippen LogP contribution in [0.15, 0.2) is 42.7 Å². The van der Waals surface area contributed by atoms with Crippen LogP contribution in [0.1, 0.15) is 17.3 Å². The molecule has 1 aromatic carbocycles. The molecule has 21 heavy (non-hydrogen) atoms. The van der Waals surface area contributed by atoms with Gasteiger partial charge in [-0.2, -0.15) is 0 Å². The van der Waals surface area contributed by atoms with E-state index < -0.39 is 0 Å². The molecule has 0 fully saturated rings. The summed E-state index contributed by atoms with van der Waals surface area (Å²) in [7, 11) is 0. The second kappa shape index (κ2) is 6.07. The number of fused-ring (bicyclic) bond motifs is 1. The van der Waals surface area contributed by atoms with E-state index in [4.69, 9.17) is 5.84 Å². The first-order valence-electron chi connectivity index (χ1n) is 7.05. The quantitative estimate of drug-likeness (QED) is 0.486. The standard InChI is InChI=1S/C15H19N5O/c16-18-15(21)13(12-4-2-1-3-5-12)10-19-8-9-20-7-6-17-14(20)11-19/h1-7,13H,8-11,16H2,(H,18,21). The Kier molecular flexibility index (Phi) is 3.98. The Hall–Kier alpha value is -2.18. The van der Waals surface area contributed by atoms with Crippen LogP contribution in [-0.4, -0.2) is 33.4 Å². The largest absolute Gasteiger partial charge is 0.333 e. The topological polar surface area (TPSA) is 76.2 Å². The van der Waals surface area contributed by atoms with Crippen LogP contribution in [0.25, 0.3) is 0 Å².